The lowest BCUT2D eigenvalue weighted by Crippen LogP contribution is -2.26. The molecule has 1 amide bonds. The van der Waals surface area contributed by atoms with Crippen LogP contribution in [0.1, 0.15) is 30.1 Å². The molecule has 0 fully saturated rings. The van der Waals surface area contributed by atoms with Crippen molar-refractivity contribution in [2.75, 3.05) is 20.8 Å². The van der Waals surface area contributed by atoms with Gasteiger partial charge in [-0.15, -0.1) is 0 Å². The van der Waals surface area contributed by atoms with E-state index in [0.29, 0.717) is 28.4 Å². The van der Waals surface area contributed by atoms with Crippen molar-refractivity contribution in [2.45, 2.75) is 24.6 Å². The summed E-state index contributed by atoms with van der Waals surface area (Å²) >= 11 is 3.54. The van der Waals surface area contributed by atoms with Gasteiger partial charge in [0, 0.05) is 16.9 Å². The van der Waals surface area contributed by atoms with Crippen LogP contribution in [0.15, 0.2) is 18.2 Å². The van der Waals surface area contributed by atoms with Gasteiger partial charge in [0.05, 0.1) is 14.2 Å². The highest BCUT2D eigenvalue weighted by molar-refractivity contribution is 9.09. The molecule has 0 radical (unpaired) electrons. The third-order valence-electron chi connectivity index (χ3n) is 2.83. The van der Waals surface area contributed by atoms with Crippen LogP contribution in [0.5, 0.6) is 11.5 Å². The highest BCUT2D eigenvalue weighted by Crippen LogP contribution is 2.27. The van der Waals surface area contributed by atoms with Crippen molar-refractivity contribution in [1.29, 1.82) is 0 Å². The topological polar surface area (TPSA) is 47.6 Å². The van der Waals surface area contributed by atoms with Gasteiger partial charge in [0.2, 0.25) is 0 Å². The summed E-state index contributed by atoms with van der Waals surface area (Å²) in [4.78, 5) is 12.4. The average molecular weight is 330 g/mol. The van der Waals surface area contributed by atoms with Gasteiger partial charge < -0.3 is 14.8 Å². The Bertz CT molecular complexity index is 423. The van der Waals surface area contributed by atoms with Crippen molar-refractivity contribution in [3.05, 3.63) is 23.8 Å². The molecule has 5 heteroatoms. The molecule has 1 N–H and O–H groups in total. The van der Waals surface area contributed by atoms with Crippen molar-refractivity contribution in [3.8, 4) is 11.5 Å². The molecule has 0 aromatic heterocycles. The molecule has 1 unspecified atom stereocenters. The number of methoxy groups -OCH3 is 2. The molecule has 1 atom stereocenters. The van der Waals surface area contributed by atoms with Crippen LogP contribution in [-0.2, 0) is 0 Å². The predicted molar refractivity (Wildman–Crippen MR) is 79.5 cm³/mol. The summed E-state index contributed by atoms with van der Waals surface area (Å²) in [5.41, 5.74) is 0.570. The molecule has 0 saturated carbocycles. The second-order valence-electron chi connectivity index (χ2n) is 4.12. The number of carbonyl (C=O) groups excluding carboxylic acids is 1. The van der Waals surface area contributed by atoms with Gasteiger partial charge in [-0.05, 0) is 31.0 Å². The number of hydrogen-bond donors (Lipinski definition) is 1. The van der Waals surface area contributed by atoms with E-state index in [4.69, 9.17) is 9.47 Å². The first kappa shape index (κ1) is 15.8. The van der Waals surface area contributed by atoms with Crippen molar-refractivity contribution in [1.82, 2.24) is 5.32 Å². The summed E-state index contributed by atoms with van der Waals surface area (Å²) in [5, 5.41) is 2.89. The Labute approximate surface area is 122 Å². The van der Waals surface area contributed by atoms with Gasteiger partial charge in [0.1, 0.15) is 0 Å². The second-order valence-corrected chi connectivity index (χ2v) is 5.41. The Kier molecular flexibility index (Phi) is 6.70. The lowest BCUT2D eigenvalue weighted by molar-refractivity contribution is 0.0953. The van der Waals surface area contributed by atoms with Crippen LogP contribution in [0, 0.1) is 0 Å². The molecule has 1 aromatic carbocycles. The van der Waals surface area contributed by atoms with E-state index in [2.05, 4.69) is 28.2 Å². The fourth-order valence-electron chi connectivity index (χ4n) is 1.63. The van der Waals surface area contributed by atoms with Gasteiger partial charge in [0.15, 0.2) is 11.5 Å². The number of ether oxygens (including phenoxy) is 2. The first-order valence-electron chi connectivity index (χ1n) is 6.26. The van der Waals surface area contributed by atoms with Crippen LogP contribution < -0.4 is 14.8 Å². The lowest BCUT2D eigenvalue weighted by atomic mass is 10.2. The van der Waals surface area contributed by atoms with E-state index in [1.165, 1.54) is 0 Å². The van der Waals surface area contributed by atoms with Crippen molar-refractivity contribution in [2.24, 2.45) is 0 Å². The van der Waals surface area contributed by atoms with Crippen LogP contribution in [0.4, 0.5) is 0 Å². The third kappa shape index (κ3) is 4.74. The molecule has 0 spiro atoms. The van der Waals surface area contributed by atoms with Gasteiger partial charge in [0.25, 0.3) is 5.91 Å². The molecule has 4 nitrogen and oxygen atoms in total. The third-order valence-corrected chi connectivity index (χ3v) is 3.94. The van der Waals surface area contributed by atoms with E-state index < -0.39 is 0 Å². The lowest BCUT2D eigenvalue weighted by Gasteiger charge is -2.11. The van der Waals surface area contributed by atoms with Crippen molar-refractivity contribution < 1.29 is 14.3 Å². The monoisotopic (exact) mass is 329 g/mol. The second kappa shape index (κ2) is 8.04. The fraction of sp³-hybridized carbons (Fsp3) is 0.500. The SMILES string of the molecule is CCC(Br)CCNC(=O)c1ccc(OC)c(OC)c1. The number of alkyl halides is 1. The minimum absolute atomic E-state index is 0.100. The maximum absolute atomic E-state index is 12.0. The Morgan fingerprint density at radius 3 is 2.58 bits per heavy atom. The zero-order valence-electron chi connectivity index (χ0n) is 11.5. The summed E-state index contributed by atoms with van der Waals surface area (Å²) in [7, 11) is 3.12. The van der Waals surface area contributed by atoms with Crippen LogP contribution in [0.3, 0.4) is 0 Å². The Morgan fingerprint density at radius 1 is 1.32 bits per heavy atom. The highest BCUT2D eigenvalue weighted by Gasteiger charge is 2.10. The minimum Gasteiger partial charge on any atom is -0.493 e. The number of rotatable bonds is 7. The molecule has 19 heavy (non-hydrogen) atoms. The van der Waals surface area contributed by atoms with Crippen LogP contribution >= 0.6 is 15.9 Å². The number of carbonyl (C=O) groups is 1. The molecule has 106 valence electrons. The average Bonchev–Trinajstić information content (AvgIpc) is 2.45. The largest absolute Gasteiger partial charge is 0.493 e. The van der Waals surface area contributed by atoms with E-state index in [-0.39, 0.29) is 5.91 Å². The summed E-state index contributed by atoms with van der Waals surface area (Å²) in [6, 6.07) is 5.13. The fourth-order valence-corrected chi connectivity index (χ4v) is 1.85. The number of halogens is 1. The molecular weight excluding hydrogens is 310 g/mol. The molecular formula is C14H20BrNO3. The molecule has 0 saturated heterocycles. The van der Waals surface area contributed by atoms with Gasteiger partial charge in [-0.1, -0.05) is 22.9 Å². The Hall–Kier alpha value is -1.23. The first-order chi connectivity index (χ1) is 9.12. The van der Waals surface area contributed by atoms with E-state index in [1.807, 2.05) is 0 Å². The number of nitrogens with one attached hydrogen (secondary N) is 1. The standard InChI is InChI=1S/C14H20BrNO3/c1-4-11(15)7-8-16-14(17)10-5-6-12(18-2)13(9-10)19-3/h5-6,9,11H,4,7-8H2,1-3H3,(H,16,17). The van der Waals surface area contributed by atoms with E-state index in [1.54, 1.807) is 32.4 Å². The quantitative estimate of drug-likeness (QED) is 0.782. The summed E-state index contributed by atoms with van der Waals surface area (Å²) in [5.74, 6) is 1.07. The summed E-state index contributed by atoms with van der Waals surface area (Å²) < 4.78 is 10.3. The summed E-state index contributed by atoms with van der Waals surface area (Å²) in [6.07, 6.45) is 1.96. The molecule has 0 aliphatic rings. The molecule has 0 aliphatic heterocycles. The zero-order chi connectivity index (χ0) is 14.3. The van der Waals surface area contributed by atoms with Gasteiger partial charge >= 0.3 is 0 Å². The number of hydrogen-bond acceptors (Lipinski definition) is 3. The van der Waals surface area contributed by atoms with Crippen molar-refractivity contribution >= 4 is 21.8 Å². The molecule has 1 rings (SSSR count). The van der Waals surface area contributed by atoms with Crippen LogP contribution in [0.2, 0.25) is 0 Å². The number of benzene rings is 1. The summed E-state index contributed by atoms with van der Waals surface area (Å²) in [6.45, 7) is 2.76. The predicted octanol–water partition coefficient (Wildman–Crippen LogP) is 3.00. The highest BCUT2D eigenvalue weighted by atomic mass is 79.9. The minimum atomic E-state index is -0.100. The smallest absolute Gasteiger partial charge is 0.251 e. The van der Waals surface area contributed by atoms with Crippen LogP contribution in [-0.4, -0.2) is 31.5 Å². The maximum Gasteiger partial charge on any atom is 0.251 e. The maximum atomic E-state index is 12.0. The number of amides is 1. The normalized spacial score (nSPS) is 11.8. The molecule has 0 bridgehead atoms. The molecule has 0 heterocycles. The van der Waals surface area contributed by atoms with Gasteiger partial charge in [-0.3, -0.25) is 4.79 Å². The van der Waals surface area contributed by atoms with E-state index >= 15 is 0 Å². The van der Waals surface area contributed by atoms with Crippen LogP contribution in [0.25, 0.3) is 0 Å². The Balaban J connectivity index is 2.62. The molecule has 0 aliphatic carbocycles. The van der Waals surface area contributed by atoms with E-state index in [0.717, 1.165) is 12.8 Å². The van der Waals surface area contributed by atoms with Crippen molar-refractivity contribution in [3.63, 3.8) is 0 Å². The van der Waals surface area contributed by atoms with Gasteiger partial charge in [-0.25, -0.2) is 0 Å². The zero-order valence-corrected chi connectivity index (χ0v) is 13.1. The first-order valence-corrected chi connectivity index (χ1v) is 7.18. The molecule has 1 aromatic rings. The van der Waals surface area contributed by atoms with Gasteiger partial charge in [-0.2, -0.15) is 0 Å². The van der Waals surface area contributed by atoms with E-state index in [9.17, 15) is 4.79 Å². The Morgan fingerprint density at radius 2 is 2.00 bits per heavy atom.